The third kappa shape index (κ3) is 5.19. The first-order chi connectivity index (χ1) is 7.98. The Kier molecular flexibility index (Phi) is 6.32. The lowest BCUT2D eigenvalue weighted by Gasteiger charge is -2.41. The average Bonchev–Trinajstić information content (AvgIpc) is 2.22. The normalized spacial score (nSPS) is 30.2. The van der Waals surface area contributed by atoms with Crippen molar-refractivity contribution < 1.29 is 5.11 Å². The Morgan fingerprint density at radius 1 is 1.47 bits per heavy atom. The summed E-state index contributed by atoms with van der Waals surface area (Å²) in [6, 6.07) is 0.666. The Bertz CT molecular complexity index is 220. The fraction of sp³-hybridized carbons (Fsp3) is 1.00. The van der Waals surface area contributed by atoms with E-state index in [2.05, 4.69) is 44.8 Å². The van der Waals surface area contributed by atoms with Gasteiger partial charge in [-0.05, 0) is 37.6 Å². The first kappa shape index (κ1) is 15.3. The molecule has 2 nitrogen and oxygen atoms in total. The van der Waals surface area contributed by atoms with E-state index in [4.69, 9.17) is 5.11 Å². The van der Waals surface area contributed by atoms with E-state index in [-0.39, 0.29) is 0 Å². The predicted octanol–water partition coefficient (Wildman–Crippen LogP) is 3.05. The molecule has 2 N–H and O–H groups in total. The molecule has 0 radical (unpaired) electrons. The number of rotatable bonds is 6. The van der Waals surface area contributed by atoms with Crippen molar-refractivity contribution in [2.45, 2.75) is 69.9 Å². The Morgan fingerprint density at radius 2 is 2.18 bits per heavy atom. The monoisotopic (exact) mass is 259 g/mol. The fourth-order valence-corrected chi connectivity index (χ4v) is 4.52. The third-order valence-electron chi connectivity index (χ3n) is 3.74. The van der Waals surface area contributed by atoms with Crippen molar-refractivity contribution >= 4 is 11.8 Å². The molecule has 0 amide bonds. The summed E-state index contributed by atoms with van der Waals surface area (Å²) in [5, 5.41) is 13.9. The lowest BCUT2D eigenvalue weighted by molar-refractivity contribution is 0.214. The molecule has 1 aliphatic rings. The zero-order valence-electron chi connectivity index (χ0n) is 11.8. The second-order valence-electron chi connectivity index (χ2n) is 6.07. The van der Waals surface area contributed by atoms with E-state index >= 15 is 0 Å². The molecule has 1 aliphatic carbocycles. The molecule has 0 aromatic rings. The van der Waals surface area contributed by atoms with Gasteiger partial charge in [-0.15, -0.1) is 0 Å². The van der Waals surface area contributed by atoms with Gasteiger partial charge in [0.25, 0.3) is 0 Å². The van der Waals surface area contributed by atoms with Gasteiger partial charge in [-0.25, -0.2) is 0 Å². The van der Waals surface area contributed by atoms with Gasteiger partial charge in [-0.1, -0.05) is 27.7 Å². The zero-order chi connectivity index (χ0) is 12.9. The molecule has 0 spiro atoms. The summed E-state index contributed by atoms with van der Waals surface area (Å²) in [4.78, 5) is 0. The molecule has 0 saturated heterocycles. The van der Waals surface area contributed by atoms with Gasteiger partial charge in [0.1, 0.15) is 0 Å². The first-order valence-electron chi connectivity index (χ1n) is 6.98. The Hall–Kier alpha value is 0.270. The summed E-state index contributed by atoms with van der Waals surface area (Å²) >= 11 is 2.07. The molecule has 0 aliphatic heterocycles. The lowest BCUT2D eigenvalue weighted by Crippen LogP contribution is -2.45. The van der Waals surface area contributed by atoms with E-state index in [0.29, 0.717) is 28.6 Å². The van der Waals surface area contributed by atoms with Gasteiger partial charge in [0.15, 0.2) is 0 Å². The van der Waals surface area contributed by atoms with Crippen LogP contribution in [0, 0.1) is 5.41 Å². The second kappa shape index (κ2) is 7.01. The standard InChI is InChI=1S/C14H29NOS/c1-5-15-12-6-8-14(3,4)10-13(12)17-11(2)7-9-16/h11-13,15-16H,5-10H2,1-4H3. The van der Waals surface area contributed by atoms with E-state index < -0.39 is 0 Å². The van der Waals surface area contributed by atoms with Gasteiger partial charge in [0.05, 0.1) is 0 Å². The highest BCUT2D eigenvalue weighted by atomic mass is 32.2. The quantitative estimate of drug-likeness (QED) is 0.769. The van der Waals surface area contributed by atoms with Gasteiger partial charge < -0.3 is 10.4 Å². The molecule has 3 heteroatoms. The van der Waals surface area contributed by atoms with Crippen molar-refractivity contribution in [3.8, 4) is 0 Å². The maximum Gasteiger partial charge on any atom is 0.0441 e. The SMILES string of the molecule is CCNC1CCC(C)(C)CC1SC(C)CCO. The Labute approximate surface area is 111 Å². The molecule has 0 aromatic carbocycles. The Morgan fingerprint density at radius 3 is 2.76 bits per heavy atom. The average molecular weight is 259 g/mol. The van der Waals surface area contributed by atoms with Crippen LogP contribution in [0.3, 0.4) is 0 Å². The van der Waals surface area contributed by atoms with E-state index in [1.54, 1.807) is 0 Å². The van der Waals surface area contributed by atoms with Crippen LogP contribution in [-0.2, 0) is 0 Å². The smallest absolute Gasteiger partial charge is 0.0441 e. The molecule has 102 valence electrons. The molecule has 17 heavy (non-hydrogen) atoms. The van der Waals surface area contributed by atoms with E-state index in [9.17, 15) is 0 Å². The fourth-order valence-electron chi connectivity index (χ4n) is 2.71. The van der Waals surface area contributed by atoms with E-state index in [1.165, 1.54) is 19.3 Å². The maximum absolute atomic E-state index is 9.01. The number of aliphatic hydroxyl groups is 1. The summed E-state index contributed by atoms with van der Waals surface area (Å²) in [6.07, 6.45) is 4.84. The molecule has 1 fully saturated rings. The summed E-state index contributed by atoms with van der Waals surface area (Å²) in [7, 11) is 0. The van der Waals surface area contributed by atoms with Crippen LogP contribution < -0.4 is 5.32 Å². The van der Waals surface area contributed by atoms with Gasteiger partial charge >= 0.3 is 0 Å². The van der Waals surface area contributed by atoms with Crippen LogP contribution >= 0.6 is 11.8 Å². The second-order valence-corrected chi connectivity index (χ2v) is 7.75. The summed E-state index contributed by atoms with van der Waals surface area (Å²) < 4.78 is 0. The molecule has 3 atom stereocenters. The van der Waals surface area contributed by atoms with Crippen LogP contribution in [0.1, 0.15) is 53.4 Å². The Balaban J connectivity index is 2.54. The minimum Gasteiger partial charge on any atom is -0.396 e. The van der Waals surface area contributed by atoms with Crippen LogP contribution in [0.2, 0.25) is 0 Å². The highest BCUT2D eigenvalue weighted by Crippen LogP contribution is 2.41. The predicted molar refractivity (Wildman–Crippen MR) is 77.6 cm³/mol. The van der Waals surface area contributed by atoms with Crippen molar-refractivity contribution in [3.63, 3.8) is 0 Å². The van der Waals surface area contributed by atoms with Crippen LogP contribution in [0.25, 0.3) is 0 Å². The van der Waals surface area contributed by atoms with Gasteiger partial charge in [0.2, 0.25) is 0 Å². The molecular formula is C14H29NOS. The number of hydrogen-bond acceptors (Lipinski definition) is 3. The molecular weight excluding hydrogens is 230 g/mol. The first-order valence-corrected chi connectivity index (χ1v) is 7.92. The van der Waals surface area contributed by atoms with Crippen molar-refractivity contribution in [1.82, 2.24) is 5.32 Å². The summed E-state index contributed by atoms with van der Waals surface area (Å²) in [6.45, 7) is 10.6. The van der Waals surface area contributed by atoms with E-state index in [1.807, 2.05) is 0 Å². The van der Waals surface area contributed by atoms with Crippen molar-refractivity contribution in [2.75, 3.05) is 13.2 Å². The number of nitrogens with one attached hydrogen (secondary N) is 1. The summed E-state index contributed by atoms with van der Waals surface area (Å²) in [5.41, 5.74) is 0.489. The van der Waals surface area contributed by atoms with Gasteiger partial charge in [-0.2, -0.15) is 11.8 Å². The topological polar surface area (TPSA) is 32.3 Å². The highest BCUT2D eigenvalue weighted by Gasteiger charge is 2.35. The van der Waals surface area contributed by atoms with Crippen molar-refractivity contribution in [3.05, 3.63) is 0 Å². The van der Waals surface area contributed by atoms with Crippen LogP contribution in [0.4, 0.5) is 0 Å². The zero-order valence-corrected chi connectivity index (χ0v) is 12.6. The van der Waals surface area contributed by atoms with Crippen molar-refractivity contribution in [2.24, 2.45) is 5.41 Å². The van der Waals surface area contributed by atoms with Crippen LogP contribution in [0.5, 0.6) is 0 Å². The van der Waals surface area contributed by atoms with Crippen LogP contribution in [0.15, 0.2) is 0 Å². The van der Waals surface area contributed by atoms with E-state index in [0.717, 1.165) is 13.0 Å². The largest absolute Gasteiger partial charge is 0.396 e. The molecule has 0 aromatic heterocycles. The maximum atomic E-state index is 9.01. The molecule has 3 unspecified atom stereocenters. The third-order valence-corrected chi connectivity index (χ3v) is 5.29. The highest BCUT2D eigenvalue weighted by molar-refractivity contribution is 8.00. The lowest BCUT2D eigenvalue weighted by atomic mass is 9.75. The molecule has 0 bridgehead atoms. The summed E-state index contributed by atoms with van der Waals surface area (Å²) in [5.74, 6) is 0. The minimum absolute atomic E-state index is 0.316. The minimum atomic E-state index is 0.316. The van der Waals surface area contributed by atoms with Gasteiger partial charge in [-0.3, -0.25) is 0 Å². The molecule has 0 heterocycles. The van der Waals surface area contributed by atoms with Gasteiger partial charge in [0, 0.05) is 23.1 Å². The number of thioether (sulfide) groups is 1. The number of hydrogen-bond donors (Lipinski definition) is 2. The molecule has 1 saturated carbocycles. The number of aliphatic hydroxyl groups excluding tert-OH is 1. The molecule has 1 rings (SSSR count). The van der Waals surface area contributed by atoms with Crippen molar-refractivity contribution in [1.29, 1.82) is 0 Å². The van der Waals surface area contributed by atoms with Crippen LogP contribution in [-0.4, -0.2) is 34.8 Å².